The van der Waals surface area contributed by atoms with E-state index >= 15 is 0 Å². The van der Waals surface area contributed by atoms with Gasteiger partial charge in [-0.05, 0) is 6.07 Å². The van der Waals surface area contributed by atoms with Crippen molar-refractivity contribution in [2.45, 2.75) is 0 Å². The molecular weight excluding hydrogens is 292 g/mol. The van der Waals surface area contributed by atoms with Crippen LogP contribution >= 0.6 is 0 Å². The zero-order chi connectivity index (χ0) is 16.7. The number of benzene rings is 1. The molecule has 0 unspecified atom stereocenters. The van der Waals surface area contributed by atoms with E-state index < -0.39 is 10.9 Å². The van der Waals surface area contributed by atoms with Crippen LogP contribution in [-0.4, -0.2) is 51.0 Å². The Morgan fingerprint density at radius 1 is 1.45 bits per heavy atom. The minimum absolute atomic E-state index is 0.0620. The topological polar surface area (TPSA) is 119 Å². The maximum atomic E-state index is 10.6. The van der Waals surface area contributed by atoms with Crippen LogP contribution in [0.1, 0.15) is 10.5 Å². The van der Waals surface area contributed by atoms with Gasteiger partial charge in [0.1, 0.15) is 6.33 Å². The first-order chi connectivity index (χ1) is 10.3. The second kappa shape index (κ2) is 7.53. The van der Waals surface area contributed by atoms with E-state index in [1.165, 1.54) is 40.2 Å². The molecule has 0 saturated heterocycles. The number of carboxylic acids is 1. The van der Waals surface area contributed by atoms with E-state index in [2.05, 4.69) is 4.98 Å². The fourth-order valence-electron chi connectivity index (χ4n) is 1.34. The summed E-state index contributed by atoms with van der Waals surface area (Å²) in [5.41, 5.74) is 0.309. The van der Waals surface area contributed by atoms with Crippen molar-refractivity contribution in [2.75, 3.05) is 14.1 Å². The van der Waals surface area contributed by atoms with Crippen molar-refractivity contribution in [3.8, 4) is 5.69 Å². The Morgan fingerprint density at radius 2 is 2.09 bits per heavy atom. The molecule has 1 heterocycles. The number of hydrogen-bond acceptors (Lipinski definition) is 5. The lowest BCUT2D eigenvalue weighted by Gasteiger charge is -2.00. The Bertz CT molecular complexity index is 681. The molecule has 0 aliphatic rings. The molecule has 0 aliphatic carbocycles. The Hall–Kier alpha value is -3.23. The molecule has 2 rings (SSSR count). The molecule has 1 N–H and O–H groups in total. The van der Waals surface area contributed by atoms with Gasteiger partial charge in [0, 0.05) is 32.4 Å². The van der Waals surface area contributed by atoms with E-state index in [1.54, 1.807) is 20.2 Å². The highest BCUT2D eigenvalue weighted by Gasteiger charge is 2.10. The number of carbonyl (C=O) groups excluding carboxylic acids is 1. The second-order valence-electron chi connectivity index (χ2n) is 4.32. The number of nitrogens with zero attached hydrogens (tertiary/aromatic N) is 4. The number of aromatic carboxylic acids is 1. The number of nitro benzene ring substituents is 1. The van der Waals surface area contributed by atoms with Crippen molar-refractivity contribution >= 4 is 18.1 Å². The number of carbonyl (C=O) groups is 2. The number of amides is 1. The van der Waals surface area contributed by atoms with E-state index in [4.69, 9.17) is 5.11 Å². The van der Waals surface area contributed by atoms with Crippen molar-refractivity contribution in [3.05, 3.63) is 52.6 Å². The van der Waals surface area contributed by atoms with Crippen molar-refractivity contribution in [2.24, 2.45) is 0 Å². The van der Waals surface area contributed by atoms with Gasteiger partial charge in [-0.15, -0.1) is 0 Å². The molecular formula is C13H14N4O5. The molecule has 1 aromatic heterocycles. The van der Waals surface area contributed by atoms with Crippen LogP contribution in [0.15, 0.2) is 36.8 Å². The Balaban J connectivity index is 0.000000422. The highest BCUT2D eigenvalue weighted by molar-refractivity contribution is 5.85. The second-order valence-corrected chi connectivity index (χ2v) is 4.32. The van der Waals surface area contributed by atoms with Crippen LogP contribution in [0.25, 0.3) is 5.69 Å². The fourth-order valence-corrected chi connectivity index (χ4v) is 1.34. The number of nitro groups is 1. The minimum atomic E-state index is -1.14. The van der Waals surface area contributed by atoms with Gasteiger partial charge in [0.25, 0.3) is 5.69 Å². The molecule has 9 nitrogen and oxygen atoms in total. The van der Waals surface area contributed by atoms with Gasteiger partial charge in [-0.3, -0.25) is 14.9 Å². The summed E-state index contributed by atoms with van der Waals surface area (Å²) in [7, 11) is 3.38. The van der Waals surface area contributed by atoms with E-state index in [9.17, 15) is 19.7 Å². The van der Waals surface area contributed by atoms with Gasteiger partial charge in [0.2, 0.25) is 6.41 Å². The molecule has 0 aliphatic heterocycles. The molecule has 22 heavy (non-hydrogen) atoms. The molecule has 0 radical (unpaired) electrons. The third-order valence-corrected chi connectivity index (χ3v) is 2.35. The van der Waals surface area contributed by atoms with Gasteiger partial charge >= 0.3 is 5.97 Å². The normalized spacial score (nSPS) is 9.36. The number of imidazole rings is 1. The van der Waals surface area contributed by atoms with Gasteiger partial charge in [0.05, 0.1) is 10.6 Å². The van der Waals surface area contributed by atoms with E-state index in [-0.39, 0.29) is 11.4 Å². The molecule has 1 aromatic carbocycles. The van der Waals surface area contributed by atoms with Crippen LogP contribution in [0.3, 0.4) is 0 Å². The first-order valence-electron chi connectivity index (χ1n) is 5.99. The number of aromatic nitrogens is 2. The summed E-state index contributed by atoms with van der Waals surface area (Å²) in [6.07, 6.45) is 3.34. The third-order valence-electron chi connectivity index (χ3n) is 2.35. The molecule has 0 fully saturated rings. The minimum Gasteiger partial charge on any atom is -0.476 e. The maximum Gasteiger partial charge on any atom is 0.356 e. The summed E-state index contributed by atoms with van der Waals surface area (Å²) < 4.78 is 1.41. The van der Waals surface area contributed by atoms with Crippen LogP contribution in [-0.2, 0) is 4.79 Å². The van der Waals surface area contributed by atoms with Crippen LogP contribution in [0.4, 0.5) is 5.69 Å². The van der Waals surface area contributed by atoms with Crippen molar-refractivity contribution in [3.63, 3.8) is 0 Å². The summed E-state index contributed by atoms with van der Waals surface area (Å²) in [6, 6.07) is 5.85. The maximum absolute atomic E-state index is 10.6. The average molecular weight is 306 g/mol. The molecule has 0 spiro atoms. The van der Waals surface area contributed by atoms with E-state index in [0.29, 0.717) is 5.69 Å². The monoisotopic (exact) mass is 306 g/mol. The van der Waals surface area contributed by atoms with Gasteiger partial charge in [-0.25, -0.2) is 9.78 Å². The molecule has 9 heteroatoms. The predicted octanol–water partition coefficient (Wildman–Crippen LogP) is 1.18. The van der Waals surface area contributed by atoms with Crippen molar-refractivity contribution < 1.29 is 19.6 Å². The van der Waals surface area contributed by atoms with Crippen molar-refractivity contribution in [1.29, 1.82) is 0 Å². The van der Waals surface area contributed by atoms with E-state index in [0.717, 1.165) is 6.41 Å². The third kappa shape index (κ3) is 4.71. The molecule has 116 valence electrons. The summed E-state index contributed by atoms with van der Waals surface area (Å²) >= 11 is 0. The summed E-state index contributed by atoms with van der Waals surface area (Å²) in [6.45, 7) is 0. The predicted molar refractivity (Wildman–Crippen MR) is 76.9 cm³/mol. The lowest BCUT2D eigenvalue weighted by atomic mass is 10.3. The van der Waals surface area contributed by atoms with Crippen molar-refractivity contribution in [1.82, 2.24) is 14.5 Å². The van der Waals surface area contributed by atoms with Gasteiger partial charge in [-0.1, -0.05) is 6.07 Å². The lowest BCUT2D eigenvalue weighted by Crippen LogP contribution is -2.06. The average Bonchev–Trinajstić information content (AvgIpc) is 2.98. The summed E-state index contributed by atoms with van der Waals surface area (Å²) in [5, 5.41) is 19.3. The van der Waals surface area contributed by atoms with Gasteiger partial charge in [-0.2, -0.15) is 0 Å². The van der Waals surface area contributed by atoms with Crippen LogP contribution in [0.2, 0.25) is 0 Å². The number of carboxylic acid groups (broad SMARTS) is 1. The van der Waals surface area contributed by atoms with Crippen LogP contribution in [0, 0.1) is 10.1 Å². The molecule has 0 bridgehead atoms. The number of hydrogen-bond donors (Lipinski definition) is 1. The lowest BCUT2D eigenvalue weighted by molar-refractivity contribution is -0.384. The standard InChI is InChI=1S/C10H7N3O4.C3H7NO/c14-10(15)9-5-12(6-11-9)7-2-1-3-8(4-7)13(16)17;1-4(2)3-5/h1-6H,(H,14,15);3H,1-2H3. The van der Waals surface area contributed by atoms with Crippen LogP contribution < -0.4 is 0 Å². The zero-order valence-corrected chi connectivity index (χ0v) is 11.9. The number of non-ortho nitro benzene ring substituents is 1. The SMILES string of the molecule is CN(C)C=O.O=C(O)c1cn(-c2cccc([N+](=O)[O-])c2)cn1. The highest BCUT2D eigenvalue weighted by atomic mass is 16.6. The molecule has 0 atom stereocenters. The Labute approximate surface area is 125 Å². The van der Waals surface area contributed by atoms with Crippen LogP contribution in [0.5, 0.6) is 0 Å². The summed E-state index contributed by atoms with van der Waals surface area (Å²) in [4.78, 5) is 35.2. The molecule has 0 saturated carbocycles. The highest BCUT2D eigenvalue weighted by Crippen LogP contribution is 2.16. The fraction of sp³-hybridized carbons (Fsp3) is 0.154. The molecule has 2 aromatic rings. The first kappa shape index (κ1) is 16.8. The number of rotatable bonds is 4. The Kier molecular flexibility index (Phi) is 5.75. The zero-order valence-electron chi connectivity index (χ0n) is 11.9. The van der Waals surface area contributed by atoms with Gasteiger partial charge in [0.15, 0.2) is 5.69 Å². The smallest absolute Gasteiger partial charge is 0.356 e. The quantitative estimate of drug-likeness (QED) is 0.514. The van der Waals surface area contributed by atoms with Gasteiger partial charge < -0.3 is 14.6 Å². The largest absolute Gasteiger partial charge is 0.476 e. The van der Waals surface area contributed by atoms with E-state index in [1.807, 2.05) is 0 Å². The first-order valence-corrected chi connectivity index (χ1v) is 5.99. The summed E-state index contributed by atoms with van der Waals surface area (Å²) in [5.74, 6) is -1.14. The molecule has 1 amide bonds. The Morgan fingerprint density at radius 3 is 2.55 bits per heavy atom.